The molecule has 7 nitrogen and oxygen atoms in total. The standard InChI is InChI=1S/C18H25FN4O3S/c1-12-11-22(18(24)13(2)20)7-4-8-23(12)27(25,26)16-6-3-5-14-9-21-10-15(19)17(14)16/h3,5-6,9-10,12-13,25-26H,4,7-8,11,20H2,1-2H3/t12-,13-/m0/s1. The van der Waals surface area contributed by atoms with Gasteiger partial charge in [-0.25, -0.2) is 4.39 Å². The minimum atomic E-state index is -3.46. The van der Waals surface area contributed by atoms with Gasteiger partial charge in [-0.2, -0.15) is 4.31 Å². The average molecular weight is 396 g/mol. The lowest BCUT2D eigenvalue weighted by Gasteiger charge is -2.46. The molecule has 1 aromatic heterocycles. The van der Waals surface area contributed by atoms with Crippen LogP contribution in [0.25, 0.3) is 10.8 Å². The van der Waals surface area contributed by atoms with Crippen LogP contribution in [-0.2, 0) is 4.79 Å². The number of aromatic nitrogens is 1. The molecule has 1 aliphatic rings. The van der Waals surface area contributed by atoms with E-state index in [0.29, 0.717) is 31.4 Å². The highest BCUT2D eigenvalue weighted by Crippen LogP contribution is 2.55. The molecule has 2 aromatic rings. The van der Waals surface area contributed by atoms with E-state index >= 15 is 0 Å². The number of amides is 1. The van der Waals surface area contributed by atoms with E-state index in [2.05, 4.69) is 4.98 Å². The van der Waals surface area contributed by atoms with Gasteiger partial charge in [0, 0.05) is 42.6 Å². The van der Waals surface area contributed by atoms with Crippen molar-refractivity contribution in [2.75, 3.05) is 19.6 Å². The topological polar surface area (TPSA) is 103 Å². The number of halogens is 1. The second kappa shape index (κ2) is 7.69. The van der Waals surface area contributed by atoms with Crippen molar-refractivity contribution in [1.29, 1.82) is 0 Å². The van der Waals surface area contributed by atoms with Gasteiger partial charge in [0.15, 0.2) is 5.82 Å². The lowest BCUT2D eigenvalue weighted by molar-refractivity contribution is -0.132. The summed E-state index contributed by atoms with van der Waals surface area (Å²) in [6.07, 6.45) is 3.12. The van der Waals surface area contributed by atoms with Crippen LogP contribution in [0.3, 0.4) is 0 Å². The predicted octanol–water partition coefficient (Wildman–Crippen LogP) is 2.67. The van der Waals surface area contributed by atoms with Crippen molar-refractivity contribution in [2.45, 2.75) is 37.2 Å². The van der Waals surface area contributed by atoms with Gasteiger partial charge in [0.25, 0.3) is 0 Å². The van der Waals surface area contributed by atoms with Gasteiger partial charge < -0.3 is 10.6 Å². The molecule has 148 valence electrons. The molecule has 1 aromatic carbocycles. The van der Waals surface area contributed by atoms with E-state index in [1.54, 1.807) is 28.3 Å². The molecule has 2 atom stereocenters. The summed E-state index contributed by atoms with van der Waals surface area (Å²) in [4.78, 5) is 17.9. The Bertz CT molecular complexity index is 843. The maximum Gasteiger partial charge on any atom is 0.239 e. The summed E-state index contributed by atoms with van der Waals surface area (Å²) in [6.45, 7) is 4.64. The average Bonchev–Trinajstić information content (AvgIpc) is 2.82. The molecule has 9 heteroatoms. The monoisotopic (exact) mass is 396 g/mol. The van der Waals surface area contributed by atoms with E-state index in [1.165, 1.54) is 12.3 Å². The molecule has 1 aliphatic heterocycles. The Hall–Kier alpha value is -1.78. The van der Waals surface area contributed by atoms with Crippen LogP contribution in [0.1, 0.15) is 20.3 Å². The Morgan fingerprint density at radius 1 is 1.37 bits per heavy atom. The van der Waals surface area contributed by atoms with E-state index in [0.717, 1.165) is 6.20 Å². The van der Waals surface area contributed by atoms with Gasteiger partial charge in [-0.05, 0) is 26.3 Å². The molecule has 0 spiro atoms. The highest BCUT2D eigenvalue weighted by atomic mass is 32.3. The van der Waals surface area contributed by atoms with Gasteiger partial charge in [0.05, 0.1) is 17.1 Å². The van der Waals surface area contributed by atoms with Crippen LogP contribution >= 0.6 is 10.8 Å². The summed E-state index contributed by atoms with van der Waals surface area (Å²) in [5.74, 6) is -0.762. The second-order valence-corrected chi connectivity index (χ2v) is 8.86. The number of rotatable bonds is 3. The Morgan fingerprint density at radius 3 is 2.81 bits per heavy atom. The lowest BCUT2D eigenvalue weighted by atomic mass is 10.2. The summed E-state index contributed by atoms with van der Waals surface area (Å²) >= 11 is 0. The summed E-state index contributed by atoms with van der Waals surface area (Å²) in [6, 6.07) is 3.92. The zero-order valence-electron chi connectivity index (χ0n) is 15.4. The van der Waals surface area contributed by atoms with Crippen LogP contribution in [0, 0.1) is 5.82 Å². The SMILES string of the molecule is C[C@H](N)C(=O)N1CCCN(S(O)(O)c2cccc3cncc(F)c23)[C@@H](C)C1. The fourth-order valence-electron chi connectivity index (χ4n) is 3.52. The van der Waals surface area contributed by atoms with E-state index in [-0.39, 0.29) is 22.2 Å². The molecule has 3 rings (SSSR count). The number of carbonyl (C=O) groups is 1. The van der Waals surface area contributed by atoms with Gasteiger partial charge in [0.1, 0.15) is 0 Å². The van der Waals surface area contributed by atoms with E-state index in [1.807, 2.05) is 6.92 Å². The first kappa shape index (κ1) is 20.0. The van der Waals surface area contributed by atoms with Crippen LogP contribution in [-0.4, -0.2) is 60.9 Å². The highest BCUT2D eigenvalue weighted by Gasteiger charge is 2.35. The van der Waals surface area contributed by atoms with Crippen molar-refractivity contribution in [3.8, 4) is 0 Å². The van der Waals surface area contributed by atoms with Crippen LogP contribution in [0.15, 0.2) is 35.5 Å². The number of nitrogens with two attached hydrogens (primary N) is 1. The molecule has 0 aliphatic carbocycles. The number of fused-ring (bicyclic) bond motifs is 1. The molecule has 1 saturated heterocycles. The van der Waals surface area contributed by atoms with Crippen LogP contribution in [0.2, 0.25) is 0 Å². The Kier molecular flexibility index (Phi) is 5.68. The van der Waals surface area contributed by atoms with Gasteiger partial charge >= 0.3 is 0 Å². The maximum atomic E-state index is 14.4. The summed E-state index contributed by atoms with van der Waals surface area (Å²) in [5.41, 5.74) is 5.71. The van der Waals surface area contributed by atoms with E-state index in [4.69, 9.17) is 5.73 Å². The number of carbonyl (C=O) groups excluding carboxylic acids is 1. The smallest absolute Gasteiger partial charge is 0.239 e. The fourth-order valence-corrected chi connectivity index (χ4v) is 5.47. The molecule has 0 saturated carbocycles. The van der Waals surface area contributed by atoms with Crippen LogP contribution in [0.4, 0.5) is 4.39 Å². The Labute approximate surface area is 159 Å². The van der Waals surface area contributed by atoms with Crippen molar-refractivity contribution in [2.24, 2.45) is 5.73 Å². The molecule has 0 bridgehead atoms. The third-order valence-electron chi connectivity index (χ3n) is 4.80. The maximum absolute atomic E-state index is 14.4. The largest absolute Gasteiger partial charge is 0.340 e. The predicted molar refractivity (Wildman–Crippen MR) is 104 cm³/mol. The van der Waals surface area contributed by atoms with Crippen LogP contribution in [0.5, 0.6) is 0 Å². The van der Waals surface area contributed by atoms with Crippen LogP contribution < -0.4 is 5.73 Å². The first-order valence-electron chi connectivity index (χ1n) is 8.85. The number of pyridine rings is 1. The highest BCUT2D eigenvalue weighted by molar-refractivity contribution is 8.22. The molecule has 27 heavy (non-hydrogen) atoms. The van der Waals surface area contributed by atoms with Crippen molar-refractivity contribution < 1.29 is 18.3 Å². The van der Waals surface area contributed by atoms with Gasteiger partial charge in [-0.15, -0.1) is 10.8 Å². The van der Waals surface area contributed by atoms with Gasteiger partial charge in [-0.3, -0.25) is 18.9 Å². The second-order valence-electron chi connectivity index (χ2n) is 6.91. The Balaban J connectivity index is 1.97. The summed E-state index contributed by atoms with van der Waals surface area (Å²) in [5, 5.41) is 0.663. The van der Waals surface area contributed by atoms with E-state index in [9.17, 15) is 18.3 Å². The minimum Gasteiger partial charge on any atom is -0.340 e. The van der Waals surface area contributed by atoms with Gasteiger partial charge in [0.2, 0.25) is 5.91 Å². The molecule has 1 fully saturated rings. The lowest BCUT2D eigenvalue weighted by Crippen LogP contribution is -2.46. The number of nitrogens with zero attached hydrogens (tertiary/aromatic N) is 3. The normalized spacial score (nSPS) is 21.1. The third kappa shape index (κ3) is 3.78. The van der Waals surface area contributed by atoms with Crippen molar-refractivity contribution in [1.82, 2.24) is 14.2 Å². The zero-order chi connectivity index (χ0) is 19.8. The van der Waals surface area contributed by atoms with Crippen molar-refractivity contribution >= 4 is 27.5 Å². The third-order valence-corrected chi connectivity index (χ3v) is 6.93. The Morgan fingerprint density at radius 2 is 2.11 bits per heavy atom. The minimum absolute atomic E-state index is 0.138. The number of hydrogen-bond donors (Lipinski definition) is 3. The quantitative estimate of drug-likeness (QED) is 0.737. The molecule has 0 unspecified atom stereocenters. The van der Waals surface area contributed by atoms with E-state index < -0.39 is 22.6 Å². The first-order valence-corrected chi connectivity index (χ1v) is 10.4. The molecule has 2 heterocycles. The molecular formula is C18H25FN4O3S. The summed E-state index contributed by atoms with van der Waals surface area (Å²) < 4.78 is 38.2. The van der Waals surface area contributed by atoms with Crippen molar-refractivity contribution in [3.63, 3.8) is 0 Å². The number of hydrogen-bond acceptors (Lipinski definition) is 6. The molecular weight excluding hydrogens is 371 g/mol. The molecule has 1 amide bonds. The molecule has 4 N–H and O–H groups in total. The zero-order valence-corrected chi connectivity index (χ0v) is 16.2. The van der Waals surface area contributed by atoms with Gasteiger partial charge in [-0.1, -0.05) is 12.1 Å². The molecule has 0 radical (unpaired) electrons. The first-order chi connectivity index (χ1) is 12.7. The summed E-state index contributed by atoms with van der Waals surface area (Å²) in [7, 11) is -3.46. The van der Waals surface area contributed by atoms with Crippen molar-refractivity contribution in [3.05, 3.63) is 36.4 Å². The number of benzene rings is 1. The fraction of sp³-hybridized carbons (Fsp3) is 0.444.